The predicted molar refractivity (Wildman–Crippen MR) is 44.0 cm³/mol. The summed E-state index contributed by atoms with van der Waals surface area (Å²) in [6.07, 6.45) is -3.77. The zero-order chi connectivity index (χ0) is 10.6. The Hall–Kier alpha value is -0.750. The molecule has 0 aromatic carbocycles. The highest BCUT2D eigenvalue weighted by Gasteiger charge is 2.25. The molecule has 1 amide bonds. The third-order valence-electron chi connectivity index (χ3n) is 2.00. The summed E-state index contributed by atoms with van der Waals surface area (Å²) in [6.45, 7) is 0.0891. The molecule has 2 atom stereocenters. The molecule has 6 heteroatoms. The number of ether oxygens (including phenoxy) is 1. The Labute approximate surface area is 80.2 Å². The van der Waals surface area contributed by atoms with Crippen molar-refractivity contribution in [3.63, 3.8) is 0 Å². The maximum Gasteiger partial charge on any atom is 0.265 e. The molecular weight excluding hydrogens is 196 g/mol. The molecule has 82 valence electrons. The number of amides is 1. The van der Waals surface area contributed by atoms with Crippen molar-refractivity contribution in [3.8, 4) is 0 Å². The molecule has 2 unspecified atom stereocenters. The van der Waals surface area contributed by atoms with E-state index < -0.39 is 31.1 Å². The summed E-state index contributed by atoms with van der Waals surface area (Å²) < 4.78 is 28.7. The van der Waals surface area contributed by atoms with Crippen molar-refractivity contribution in [2.24, 2.45) is 0 Å². The molecule has 0 bridgehead atoms. The van der Waals surface area contributed by atoms with Crippen LogP contribution < -0.4 is 5.32 Å². The van der Waals surface area contributed by atoms with Crippen LogP contribution >= 0.6 is 0 Å². The zero-order valence-corrected chi connectivity index (χ0v) is 7.58. The Balaban J connectivity index is 2.20. The molecule has 1 fully saturated rings. The van der Waals surface area contributed by atoms with E-state index in [-0.39, 0.29) is 0 Å². The average Bonchev–Trinajstić information content (AvgIpc) is 2.66. The lowest BCUT2D eigenvalue weighted by Gasteiger charge is -2.13. The third-order valence-corrected chi connectivity index (χ3v) is 2.00. The molecule has 0 saturated carbocycles. The van der Waals surface area contributed by atoms with Crippen LogP contribution in [0.5, 0.6) is 0 Å². The summed E-state index contributed by atoms with van der Waals surface area (Å²) in [5, 5.41) is 10.9. The molecule has 0 aliphatic carbocycles. The second kappa shape index (κ2) is 5.21. The number of carbonyl (C=O) groups excluding carboxylic acids is 1. The lowest BCUT2D eigenvalue weighted by Crippen LogP contribution is -2.40. The third kappa shape index (κ3) is 3.19. The summed E-state index contributed by atoms with van der Waals surface area (Å²) in [4.78, 5) is 11.2. The molecule has 4 nitrogen and oxygen atoms in total. The van der Waals surface area contributed by atoms with Gasteiger partial charge in [0.15, 0.2) is 0 Å². The molecule has 0 radical (unpaired) electrons. The highest BCUT2D eigenvalue weighted by molar-refractivity contribution is 5.80. The zero-order valence-electron chi connectivity index (χ0n) is 7.58. The molecule has 0 spiro atoms. The second-order valence-electron chi connectivity index (χ2n) is 3.15. The van der Waals surface area contributed by atoms with Crippen LogP contribution in [-0.2, 0) is 9.53 Å². The average molecular weight is 209 g/mol. The summed E-state index contributed by atoms with van der Waals surface area (Å²) >= 11 is 0. The Morgan fingerprint density at radius 2 is 2.36 bits per heavy atom. The van der Waals surface area contributed by atoms with Gasteiger partial charge in [0.2, 0.25) is 5.91 Å². The van der Waals surface area contributed by atoms with Crippen molar-refractivity contribution in [3.05, 3.63) is 0 Å². The van der Waals surface area contributed by atoms with Gasteiger partial charge in [-0.1, -0.05) is 0 Å². The highest BCUT2D eigenvalue weighted by atomic mass is 19.3. The van der Waals surface area contributed by atoms with E-state index >= 15 is 0 Å². The molecule has 14 heavy (non-hydrogen) atoms. The van der Waals surface area contributed by atoms with Crippen LogP contribution in [0.2, 0.25) is 0 Å². The Morgan fingerprint density at radius 1 is 1.64 bits per heavy atom. The van der Waals surface area contributed by atoms with Gasteiger partial charge in [-0.05, 0) is 12.8 Å². The van der Waals surface area contributed by atoms with E-state index in [2.05, 4.69) is 5.32 Å². The normalized spacial score (nSPS) is 23.9. The number of alkyl halides is 2. The molecular formula is C8H13F2NO3. The lowest BCUT2D eigenvalue weighted by molar-refractivity contribution is -0.131. The number of carbonyl (C=O) groups is 1. The van der Waals surface area contributed by atoms with E-state index in [9.17, 15) is 13.6 Å². The van der Waals surface area contributed by atoms with Crippen LogP contribution in [0.1, 0.15) is 12.8 Å². The fourth-order valence-corrected chi connectivity index (χ4v) is 1.19. The molecule has 0 aromatic rings. The Morgan fingerprint density at radius 3 is 2.86 bits per heavy atom. The van der Waals surface area contributed by atoms with Crippen LogP contribution in [0.3, 0.4) is 0 Å². The number of hydrogen-bond acceptors (Lipinski definition) is 3. The van der Waals surface area contributed by atoms with Crippen LogP contribution in [0.15, 0.2) is 0 Å². The second-order valence-corrected chi connectivity index (χ2v) is 3.15. The number of rotatable bonds is 4. The minimum Gasteiger partial charge on any atom is -0.385 e. The van der Waals surface area contributed by atoms with Gasteiger partial charge in [-0.2, -0.15) is 0 Å². The van der Waals surface area contributed by atoms with Gasteiger partial charge in [-0.3, -0.25) is 4.79 Å². The maximum atomic E-state index is 11.8. The maximum absolute atomic E-state index is 11.8. The monoisotopic (exact) mass is 209 g/mol. The standard InChI is InChI=1S/C8H13F2NO3/c9-7(10)5(12)4-11-8(13)6-2-1-3-14-6/h5-7,12H,1-4H2,(H,11,13). The topological polar surface area (TPSA) is 58.6 Å². The van der Waals surface area contributed by atoms with Gasteiger partial charge in [-0.25, -0.2) is 8.78 Å². The van der Waals surface area contributed by atoms with Gasteiger partial charge in [-0.15, -0.1) is 0 Å². The van der Waals surface area contributed by atoms with Crippen molar-refractivity contribution in [2.45, 2.75) is 31.5 Å². The van der Waals surface area contributed by atoms with Crippen molar-refractivity contribution in [2.75, 3.05) is 13.2 Å². The van der Waals surface area contributed by atoms with E-state index in [4.69, 9.17) is 9.84 Å². The first-order valence-electron chi connectivity index (χ1n) is 4.47. The number of halogens is 2. The SMILES string of the molecule is O=C(NCC(O)C(F)F)C1CCCO1. The molecule has 0 aromatic heterocycles. The first-order valence-corrected chi connectivity index (χ1v) is 4.47. The molecule has 1 heterocycles. The fraction of sp³-hybridized carbons (Fsp3) is 0.875. The first-order chi connectivity index (χ1) is 6.61. The van der Waals surface area contributed by atoms with Gasteiger partial charge in [0, 0.05) is 13.2 Å². The van der Waals surface area contributed by atoms with E-state index in [0.717, 1.165) is 6.42 Å². The summed E-state index contributed by atoms with van der Waals surface area (Å²) in [6, 6.07) is 0. The predicted octanol–water partition coefficient (Wildman–Crippen LogP) is -0.0924. The largest absolute Gasteiger partial charge is 0.385 e. The van der Waals surface area contributed by atoms with E-state index in [0.29, 0.717) is 13.0 Å². The van der Waals surface area contributed by atoms with E-state index in [1.807, 2.05) is 0 Å². The Bertz CT molecular complexity index is 195. The molecule has 1 saturated heterocycles. The number of aliphatic hydroxyl groups is 1. The van der Waals surface area contributed by atoms with Crippen molar-refractivity contribution < 1.29 is 23.4 Å². The van der Waals surface area contributed by atoms with Gasteiger partial charge in [0.05, 0.1) is 0 Å². The molecule has 1 aliphatic heterocycles. The van der Waals surface area contributed by atoms with Crippen LogP contribution in [0.4, 0.5) is 8.78 Å². The summed E-state index contributed by atoms with van der Waals surface area (Å²) in [5.41, 5.74) is 0. The number of nitrogens with one attached hydrogen (secondary N) is 1. The minimum absolute atomic E-state index is 0.429. The molecule has 2 N–H and O–H groups in total. The minimum atomic E-state index is -2.83. The quantitative estimate of drug-likeness (QED) is 0.680. The van der Waals surface area contributed by atoms with Crippen LogP contribution in [0, 0.1) is 0 Å². The molecule has 1 aliphatic rings. The number of aliphatic hydroxyl groups excluding tert-OH is 1. The number of hydrogen-bond donors (Lipinski definition) is 2. The molecule has 1 rings (SSSR count). The first kappa shape index (κ1) is 11.3. The lowest BCUT2D eigenvalue weighted by atomic mass is 10.2. The van der Waals surface area contributed by atoms with Gasteiger partial charge in [0.1, 0.15) is 12.2 Å². The van der Waals surface area contributed by atoms with Crippen LogP contribution in [-0.4, -0.2) is 42.8 Å². The summed E-state index contributed by atoms with van der Waals surface area (Å²) in [7, 11) is 0. The van der Waals surface area contributed by atoms with Crippen LogP contribution in [0.25, 0.3) is 0 Å². The fourth-order valence-electron chi connectivity index (χ4n) is 1.19. The summed E-state index contributed by atoms with van der Waals surface area (Å²) in [5.74, 6) is -0.429. The van der Waals surface area contributed by atoms with E-state index in [1.165, 1.54) is 0 Å². The van der Waals surface area contributed by atoms with E-state index in [1.54, 1.807) is 0 Å². The highest BCUT2D eigenvalue weighted by Crippen LogP contribution is 2.11. The van der Waals surface area contributed by atoms with Crippen molar-refractivity contribution >= 4 is 5.91 Å². The van der Waals surface area contributed by atoms with Crippen molar-refractivity contribution in [1.82, 2.24) is 5.32 Å². The van der Waals surface area contributed by atoms with Gasteiger partial charge >= 0.3 is 0 Å². The Kier molecular flexibility index (Phi) is 4.21. The smallest absolute Gasteiger partial charge is 0.265 e. The van der Waals surface area contributed by atoms with Gasteiger partial charge < -0.3 is 15.2 Å². The van der Waals surface area contributed by atoms with Gasteiger partial charge in [0.25, 0.3) is 6.43 Å². The van der Waals surface area contributed by atoms with Crippen molar-refractivity contribution in [1.29, 1.82) is 0 Å².